The van der Waals surface area contributed by atoms with Gasteiger partial charge in [0.1, 0.15) is 22.9 Å². The molecule has 0 spiro atoms. The third-order valence-electron chi connectivity index (χ3n) is 4.87. The molecule has 1 unspecified atom stereocenters. The van der Waals surface area contributed by atoms with E-state index in [4.69, 9.17) is 21.4 Å². The number of nitrogens with one attached hydrogen (secondary N) is 1. The highest BCUT2D eigenvalue weighted by Gasteiger charge is 2.24. The lowest BCUT2D eigenvalue weighted by molar-refractivity contribution is -0.124. The Bertz CT molecular complexity index is 1480. The summed E-state index contributed by atoms with van der Waals surface area (Å²) in [5, 5.41) is 12.7. The fourth-order valence-corrected chi connectivity index (χ4v) is 3.53. The van der Waals surface area contributed by atoms with E-state index in [2.05, 4.69) is 15.3 Å². The van der Waals surface area contributed by atoms with Crippen LogP contribution in [0.2, 0.25) is 5.02 Å². The number of carbonyl (C=O) groups is 1. The highest BCUT2D eigenvalue weighted by molar-refractivity contribution is 6.30. The quantitative estimate of drug-likeness (QED) is 0.423. The number of aliphatic hydroxyl groups excluding tert-OH is 1. The van der Waals surface area contributed by atoms with Crippen LogP contribution in [0.1, 0.15) is 27.3 Å². The summed E-state index contributed by atoms with van der Waals surface area (Å²) in [5.41, 5.74) is 5.32. The van der Waals surface area contributed by atoms with Gasteiger partial charge in [-0.05, 0) is 43.6 Å². The monoisotopic (exact) mass is 460 g/mol. The van der Waals surface area contributed by atoms with E-state index in [9.17, 15) is 14.3 Å². The Labute approximate surface area is 190 Å². The number of nitrogens with zero attached hydrogens (tertiary/aromatic N) is 3. The van der Waals surface area contributed by atoms with Gasteiger partial charge >= 0.3 is 0 Å². The van der Waals surface area contributed by atoms with Gasteiger partial charge in [0.15, 0.2) is 17.7 Å². The van der Waals surface area contributed by atoms with Gasteiger partial charge < -0.3 is 16.2 Å². The predicted molar refractivity (Wildman–Crippen MR) is 117 cm³/mol. The number of nitrogens with two attached hydrogens (primary N) is 1. The molecule has 2 aromatic heterocycles. The van der Waals surface area contributed by atoms with E-state index < -0.39 is 42.0 Å². The Kier molecular flexibility index (Phi) is 4.61. The molecule has 0 aliphatic heterocycles. The number of benzene rings is 2. The number of aromatic nitrogens is 3. The highest BCUT2D eigenvalue weighted by Crippen LogP contribution is 2.34. The van der Waals surface area contributed by atoms with Crippen molar-refractivity contribution in [1.29, 1.82) is 0 Å². The molecule has 0 radical (unpaired) electrons. The number of anilines is 2. The molecule has 4 N–H and O–H groups in total. The van der Waals surface area contributed by atoms with Crippen LogP contribution in [0.25, 0.3) is 16.8 Å². The van der Waals surface area contributed by atoms with Crippen LogP contribution < -0.4 is 11.1 Å². The number of halogens is 3. The number of hydrogen-bond acceptors (Lipinski definition) is 5. The lowest BCUT2D eigenvalue weighted by atomic mass is 10.1. The lowest BCUT2D eigenvalue weighted by Crippen LogP contribution is -2.21. The number of carbonyl (C=O) groups excluding carboxylic acids is 1. The van der Waals surface area contributed by atoms with Crippen molar-refractivity contribution in [1.82, 2.24) is 14.4 Å². The van der Waals surface area contributed by atoms with Crippen molar-refractivity contribution in [2.24, 2.45) is 0 Å². The number of hydrogen-bond donors (Lipinski definition) is 3. The molecule has 4 rings (SSSR count). The molecule has 0 aliphatic carbocycles. The minimum Gasteiger partial charge on any atom is -0.382 e. The topological polar surface area (TPSA) is 106 Å². The molecule has 4 aromatic rings. The maximum atomic E-state index is 15.2. The Hall–Kier alpha value is -3.56. The molecule has 0 saturated carbocycles. The van der Waals surface area contributed by atoms with Gasteiger partial charge in [-0.2, -0.15) is 0 Å². The van der Waals surface area contributed by atoms with Crippen LogP contribution in [0, 0.1) is 25.4 Å². The average Bonchev–Trinajstić information content (AvgIpc) is 3.21. The largest absolute Gasteiger partial charge is 0.382 e. The first-order valence-electron chi connectivity index (χ1n) is 10.8. The molecule has 2 aromatic carbocycles. The fraction of sp³-hybridized carbons (Fsp3) is 0.136. The molecule has 7 nitrogen and oxygen atoms in total. The Morgan fingerprint density at radius 3 is 2.81 bits per heavy atom. The third kappa shape index (κ3) is 3.65. The van der Waals surface area contributed by atoms with Crippen LogP contribution in [0.3, 0.4) is 0 Å². The van der Waals surface area contributed by atoms with Crippen molar-refractivity contribution in [3.05, 3.63) is 76.3 Å². The molecule has 0 fully saturated rings. The van der Waals surface area contributed by atoms with Crippen molar-refractivity contribution >= 4 is 34.5 Å². The number of aryl methyl sites for hydroxylation is 2. The summed E-state index contributed by atoms with van der Waals surface area (Å²) in [6.45, 7) is -1.11. The number of imidazole rings is 1. The molecule has 164 valence electrons. The smallest absolute Gasteiger partial charge is 0.257 e. The second kappa shape index (κ2) is 8.18. The Balaban J connectivity index is 1.76. The van der Waals surface area contributed by atoms with E-state index in [0.29, 0.717) is 5.69 Å². The maximum Gasteiger partial charge on any atom is 0.257 e. The van der Waals surface area contributed by atoms with Gasteiger partial charge in [-0.15, -0.1) is 0 Å². The summed E-state index contributed by atoms with van der Waals surface area (Å²) in [4.78, 5) is 20.4. The second-order valence-corrected chi connectivity index (χ2v) is 7.42. The minimum absolute atomic E-state index is 0.00240. The van der Waals surface area contributed by atoms with Crippen LogP contribution >= 0.6 is 11.6 Å². The normalized spacial score (nSPS) is 14.0. The fourth-order valence-electron chi connectivity index (χ4n) is 3.33. The van der Waals surface area contributed by atoms with Gasteiger partial charge in [-0.1, -0.05) is 23.7 Å². The Morgan fingerprint density at radius 2 is 2.09 bits per heavy atom. The lowest BCUT2D eigenvalue weighted by Gasteiger charge is -2.14. The van der Waals surface area contributed by atoms with Gasteiger partial charge in [0.25, 0.3) is 5.91 Å². The van der Waals surface area contributed by atoms with Crippen molar-refractivity contribution in [2.45, 2.75) is 19.9 Å². The summed E-state index contributed by atoms with van der Waals surface area (Å²) >= 11 is 5.86. The van der Waals surface area contributed by atoms with Crippen LogP contribution in [-0.4, -0.2) is 25.4 Å². The molecule has 2 heterocycles. The molecule has 1 amide bonds. The highest BCUT2D eigenvalue weighted by atomic mass is 35.5. The van der Waals surface area contributed by atoms with Crippen LogP contribution in [0.15, 0.2) is 42.6 Å². The second-order valence-electron chi connectivity index (χ2n) is 6.99. The van der Waals surface area contributed by atoms with Gasteiger partial charge in [0.05, 0.1) is 5.69 Å². The summed E-state index contributed by atoms with van der Waals surface area (Å²) in [6, 6.07) is 8.06. The average molecular weight is 461 g/mol. The standard InChI is InChI=1S/C22H18ClF2N5O2/c1-10-9-27-21(26)19-18(28-11(2)30(10)19)14-6-7-15(17(25)16(14)24)29-22(32)20(31)12-4-3-5-13(23)8-12/h3-9,20,31H,1-2H3,(H2,26,27)(H,29,32)/i2D3. The van der Waals surface area contributed by atoms with Crippen LogP contribution in [0.4, 0.5) is 20.3 Å². The zero-order chi connectivity index (χ0) is 25.7. The zero-order valence-corrected chi connectivity index (χ0v) is 17.3. The number of amides is 1. The zero-order valence-electron chi connectivity index (χ0n) is 19.5. The Morgan fingerprint density at radius 1 is 1.31 bits per heavy atom. The first kappa shape index (κ1) is 18.1. The molecule has 10 heteroatoms. The summed E-state index contributed by atoms with van der Waals surface area (Å²) in [6.07, 6.45) is -0.354. The number of rotatable bonds is 4. The van der Waals surface area contributed by atoms with Gasteiger partial charge in [0, 0.05) is 26.6 Å². The van der Waals surface area contributed by atoms with E-state index in [-0.39, 0.29) is 33.2 Å². The number of aliphatic hydroxyl groups is 1. The molecule has 32 heavy (non-hydrogen) atoms. The van der Waals surface area contributed by atoms with Crippen LogP contribution in [0.5, 0.6) is 0 Å². The van der Waals surface area contributed by atoms with Crippen molar-refractivity contribution in [2.75, 3.05) is 11.1 Å². The summed E-state index contributed by atoms with van der Waals surface area (Å²) in [7, 11) is 0. The van der Waals surface area contributed by atoms with Crippen molar-refractivity contribution in [3.8, 4) is 11.3 Å². The van der Waals surface area contributed by atoms with Gasteiger partial charge in [0.2, 0.25) is 0 Å². The summed E-state index contributed by atoms with van der Waals surface area (Å²) in [5.74, 6) is -4.38. The molecule has 0 saturated heterocycles. The van der Waals surface area contributed by atoms with Gasteiger partial charge in [-0.25, -0.2) is 18.7 Å². The summed E-state index contributed by atoms with van der Waals surface area (Å²) < 4.78 is 54.7. The number of nitrogen functional groups attached to an aromatic ring is 1. The van der Waals surface area contributed by atoms with Gasteiger partial charge in [-0.3, -0.25) is 9.20 Å². The van der Waals surface area contributed by atoms with Crippen molar-refractivity contribution < 1.29 is 22.8 Å². The predicted octanol–water partition coefficient (Wildman–Crippen LogP) is 4.20. The first-order valence-corrected chi connectivity index (χ1v) is 9.64. The molecule has 1 atom stereocenters. The first-order chi connectivity index (χ1) is 16.4. The van der Waals surface area contributed by atoms with Crippen molar-refractivity contribution in [3.63, 3.8) is 0 Å². The molecule has 0 aliphatic rings. The number of fused-ring (bicyclic) bond motifs is 1. The van der Waals surface area contributed by atoms with E-state index in [1.807, 2.05) is 0 Å². The van der Waals surface area contributed by atoms with E-state index in [1.165, 1.54) is 28.8 Å². The third-order valence-corrected chi connectivity index (χ3v) is 5.11. The SMILES string of the molecule is [2H]C([2H])([2H])c1nc(-c2ccc(NC(=O)C(O)c3cccc(Cl)c3)c(F)c2F)c2c(N)ncc(C)n12. The van der Waals surface area contributed by atoms with E-state index >= 15 is 4.39 Å². The van der Waals surface area contributed by atoms with E-state index in [0.717, 1.165) is 12.1 Å². The minimum atomic E-state index is -2.68. The maximum absolute atomic E-state index is 15.2. The van der Waals surface area contributed by atoms with E-state index in [1.54, 1.807) is 13.0 Å². The van der Waals surface area contributed by atoms with Crippen LogP contribution in [-0.2, 0) is 4.79 Å². The molecular weight excluding hydrogens is 440 g/mol. The molecular formula is C22H18ClF2N5O2. The molecule has 0 bridgehead atoms.